The maximum atomic E-state index is 5.36. The van der Waals surface area contributed by atoms with E-state index in [0.29, 0.717) is 0 Å². The zero-order chi connectivity index (χ0) is 13.1. The van der Waals surface area contributed by atoms with Crippen LogP contribution in [-0.2, 0) is 5.75 Å². The molecule has 3 aromatic rings. The van der Waals surface area contributed by atoms with Gasteiger partial charge in [0.05, 0.1) is 0 Å². The summed E-state index contributed by atoms with van der Waals surface area (Å²) >= 11 is 7.01. The van der Waals surface area contributed by atoms with Crippen molar-refractivity contribution in [2.24, 2.45) is 0 Å². The summed E-state index contributed by atoms with van der Waals surface area (Å²) < 4.78 is 2.69. The number of fused-ring (bicyclic) bond motifs is 1. The predicted octanol–water partition coefficient (Wildman–Crippen LogP) is 4.10. The first-order valence-electron chi connectivity index (χ1n) is 5.96. The van der Waals surface area contributed by atoms with Crippen molar-refractivity contribution in [2.75, 3.05) is 0 Å². The Morgan fingerprint density at radius 1 is 1.16 bits per heavy atom. The number of hydrogen-bond acceptors (Lipinski definition) is 3. The number of imidazole rings is 1. The van der Waals surface area contributed by atoms with Gasteiger partial charge in [-0.2, -0.15) is 0 Å². The summed E-state index contributed by atoms with van der Waals surface area (Å²) in [5.74, 6) is 0.877. The van der Waals surface area contributed by atoms with E-state index in [9.17, 15) is 0 Å². The van der Waals surface area contributed by atoms with Crippen molar-refractivity contribution in [3.8, 4) is 0 Å². The Morgan fingerprint density at radius 3 is 2.79 bits per heavy atom. The lowest BCUT2D eigenvalue weighted by atomic mass is 10.1. The van der Waals surface area contributed by atoms with Gasteiger partial charge >= 0.3 is 0 Å². The molecule has 2 nitrogen and oxygen atoms in total. The maximum absolute atomic E-state index is 5.36. The van der Waals surface area contributed by atoms with Crippen molar-refractivity contribution < 1.29 is 0 Å². The molecule has 0 saturated heterocycles. The lowest BCUT2D eigenvalue weighted by molar-refractivity contribution is 1.18. The summed E-state index contributed by atoms with van der Waals surface area (Å²) in [7, 11) is 0. The van der Waals surface area contributed by atoms with Crippen LogP contribution in [0, 0.1) is 0 Å². The number of rotatable bonds is 2. The quantitative estimate of drug-likeness (QED) is 0.660. The fraction of sp³-hybridized carbons (Fsp3) is 0.0667. The van der Waals surface area contributed by atoms with Gasteiger partial charge in [0.25, 0.3) is 0 Å². The second kappa shape index (κ2) is 5.55. The van der Waals surface area contributed by atoms with Crippen LogP contribution in [0.15, 0.2) is 61.2 Å². The number of nitrogens with zero attached hydrogens (tertiary/aromatic N) is 2. The summed E-state index contributed by atoms with van der Waals surface area (Å²) in [5.41, 5.74) is 1.28. The molecule has 1 heterocycles. The summed E-state index contributed by atoms with van der Waals surface area (Å²) in [4.78, 5) is 4.00. The minimum atomic E-state index is 0.825. The molecular weight excluding hydrogens is 272 g/mol. The Bertz CT molecular complexity index is 705. The molecule has 19 heavy (non-hydrogen) atoms. The fourth-order valence-electron chi connectivity index (χ4n) is 1.92. The Morgan fingerprint density at radius 2 is 2.00 bits per heavy atom. The Kier molecular flexibility index (Phi) is 3.62. The molecule has 0 aliphatic carbocycles. The zero-order valence-electron chi connectivity index (χ0n) is 10.2. The molecule has 0 N–H and O–H groups in total. The molecule has 2 aromatic carbocycles. The van der Waals surface area contributed by atoms with E-state index in [1.54, 1.807) is 24.3 Å². The summed E-state index contributed by atoms with van der Waals surface area (Å²) in [6.45, 7) is 0. The van der Waals surface area contributed by atoms with Crippen molar-refractivity contribution >= 4 is 39.1 Å². The van der Waals surface area contributed by atoms with Crippen LogP contribution in [0.1, 0.15) is 5.56 Å². The molecule has 0 unspecified atom stereocenters. The van der Waals surface area contributed by atoms with Crippen molar-refractivity contribution in [1.82, 2.24) is 9.55 Å². The van der Waals surface area contributed by atoms with Gasteiger partial charge in [-0.15, -0.1) is 0 Å². The summed E-state index contributed by atoms with van der Waals surface area (Å²) in [5, 5.41) is 2.54. The van der Waals surface area contributed by atoms with E-state index in [0.717, 1.165) is 10.1 Å². The van der Waals surface area contributed by atoms with Crippen molar-refractivity contribution in [2.45, 2.75) is 5.75 Å². The minimum absolute atomic E-state index is 0.825. The Balaban J connectivity index is 1.73. The number of thiocarbonyl (C=S) groups is 1. The molecule has 1 aromatic heterocycles. The van der Waals surface area contributed by atoms with Crippen LogP contribution in [0.2, 0.25) is 0 Å². The first-order chi connectivity index (χ1) is 9.33. The van der Waals surface area contributed by atoms with Crippen LogP contribution < -0.4 is 0 Å². The highest BCUT2D eigenvalue weighted by atomic mass is 32.2. The largest absolute Gasteiger partial charge is 0.291 e. The SMILES string of the molecule is S=C(SCc1ccc2ccccc2c1)n1ccnc1. The van der Waals surface area contributed by atoms with Gasteiger partial charge in [-0.25, -0.2) is 4.98 Å². The van der Waals surface area contributed by atoms with Gasteiger partial charge in [-0.1, -0.05) is 66.4 Å². The third-order valence-corrected chi connectivity index (χ3v) is 4.39. The molecule has 4 heteroatoms. The molecular formula is C15H12N2S2. The number of aromatic nitrogens is 2. The average molecular weight is 284 g/mol. The topological polar surface area (TPSA) is 17.8 Å². The summed E-state index contributed by atoms with van der Waals surface area (Å²) in [6.07, 6.45) is 5.34. The van der Waals surface area contributed by atoms with Gasteiger partial charge in [-0.05, 0) is 16.3 Å². The molecule has 0 aliphatic rings. The number of hydrogen-bond donors (Lipinski definition) is 0. The first kappa shape index (κ1) is 12.4. The second-order valence-corrected chi connectivity index (χ2v) is 5.82. The van der Waals surface area contributed by atoms with Crippen molar-refractivity contribution in [3.63, 3.8) is 0 Å². The smallest absolute Gasteiger partial charge is 0.146 e. The van der Waals surface area contributed by atoms with Gasteiger partial charge in [0.15, 0.2) is 0 Å². The summed E-state index contributed by atoms with van der Waals surface area (Å²) in [6, 6.07) is 14.9. The lowest BCUT2D eigenvalue weighted by Gasteiger charge is -2.05. The molecule has 0 amide bonds. The molecule has 0 radical (unpaired) electrons. The van der Waals surface area contributed by atoms with Crippen LogP contribution in [0.4, 0.5) is 0 Å². The minimum Gasteiger partial charge on any atom is -0.291 e. The van der Waals surface area contributed by atoms with Crippen LogP contribution in [-0.4, -0.2) is 13.9 Å². The Hall–Kier alpha value is -1.65. The standard InChI is InChI=1S/C15H12N2S2/c18-15(17-8-7-16-11-17)19-10-12-5-6-13-3-1-2-4-14(13)9-12/h1-9,11H,10H2. The molecule has 0 spiro atoms. The van der Waals surface area contributed by atoms with Gasteiger partial charge in [0.1, 0.15) is 10.6 Å². The molecule has 94 valence electrons. The second-order valence-electron chi connectivity index (χ2n) is 4.21. The molecule has 0 saturated carbocycles. The number of benzene rings is 2. The van der Waals surface area contributed by atoms with E-state index in [1.165, 1.54) is 16.3 Å². The van der Waals surface area contributed by atoms with Crippen LogP contribution in [0.5, 0.6) is 0 Å². The third-order valence-electron chi connectivity index (χ3n) is 2.89. The van der Waals surface area contributed by atoms with E-state index >= 15 is 0 Å². The highest BCUT2D eigenvalue weighted by Gasteiger charge is 2.02. The van der Waals surface area contributed by atoms with Gasteiger partial charge < -0.3 is 0 Å². The van der Waals surface area contributed by atoms with E-state index in [1.807, 2.05) is 10.8 Å². The predicted molar refractivity (Wildman–Crippen MR) is 85.5 cm³/mol. The van der Waals surface area contributed by atoms with Gasteiger partial charge in [-0.3, -0.25) is 4.57 Å². The monoisotopic (exact) mass is 284 g/mol. The third kappa shape index (κ3) is 2.85. The fourth-order valence-corrected chi connectivity index (χ4v) is 2.93. The van der Waals surface area contributed by atoms with Crippen LogP contribution >= 0.6 is 24.0 Å². The maximum Gasteiger partial charge on any atom is 0.146 e. The average Bonchev–Trinajstić information content (AvgIpc) is 2.99. The van der Waals surface area contributed by atoms with Crippen LogP contribution in [0.25, 0.3) is 10.8 Å². The zero-order valence-corrected chi connectivity index (χ0v) is 11.8. The van der Waals surface area contributed by atoms with E-state index in [2.05, 4.69) is 47.4 Å². The van der Waals surface area contributed by atoms with Crippen molar-refractivity contribution in [3.05, 3.63) is 66.7 Å². The van der Waals surface area contributed by atoms with E-state index in [-0.39, 0.29) is 0 Å². The lowest BCUT2D eigenvalue weighted by Crippen LogP contribution is -2.01. The van der Waals surface area contributed by atoms with Gasteiger partial charge in [0.2, 0.25) is 0 Å². The molecule has 0 atom stereocenters. The van der Waals surface area contributed by atoms with Gasteiger partial charge in [0, 0.05) is 18.1 Å². The molecule has 0 aliphatic heterocycles. The molecule has 3 rings (SSSR count). The first-order valence-corrected chi connectivity index (χ1v) is 7.35. The van der Waals surface area contributed by atoms with E-state index < -0.39 is 0 Å². The molecule has 0 bridgehead atoms. The van der Waals surface area contributed by atoms with Crippen LogP contribution in [0.3, 0.4) is 0 Å². The highest BCUT2D eigenvalue weighted by molar-refractivity contribution is 8.22. The normalized spacial score (nSPS) is 10.7. The van der Waals surface area contributed by atoms with E-state index in [4.69, 9.17) is 12.2 Å². The van der Waals surface area contributed by atoms with Crippen molar-refractivity contribution in [1.29, 1.82) is 0 Å². The molecule has 0 fully saturated rings. The number of thioether (sulfide) groups is 1. The Labute approximate surface area is 121 Å². The highest BCUT2D eigenvalue weighted by Crippen LogP contribution is 2.20.